The molecular formula is C13H20N2OS. The highest BCUT2D eigenvalue weighted by Crippen LogP contribution is 2.05. The molecule has 1 aromatic rings. The van der Waals surface area contributed by atoms with E-state index in [0.29, 0.717) is 11.6 Å². The van der Waals surface area contributed by atoms with Crippen LogP contribution in [-0.4, -0.2) is 24.0 Å². The van der Waals surface area contributed by atoms with Crippen LogP contribution < -0.4 is 11.1 Å². The lowest BCUT2D eigenvalue weighted by atomic mass is 10.1. The van der Waals surface area contributed by atoms with Gasteiger partial charge in [-0.1, -0.05) is 12.1 Å². The number of hydrogen-bond acceptors (Lipinski definition) is 3. The van der Waals surface area contributed by atoms with Gasteiger partial charge in [-0.05, 0) is 43.0 Å². The molecule has 0 aliphatic carbocycles. The van der Waals surface area contributed by atoms with Crippen LogP contribution in [0, 0.1) is 0 Å². The Morgan fingerprint density at radius 2 is 2.06 bits per heavy atom. The number of thioether (sulfide) groups is 1. The molecule has 0 bridgehead atoms. The highest BCUT2D eigenvalue weighted by atomic mass is 32.2. The summed E-state index contributed by atoms with van der Waals surface area (Å²) < 4.78 is 0. The van der Waals surface area contributed by atoms with Gasteiger partial charge in [0.05, 0.1) is 0 Å². The van der Waals surface area contributed by atoms with Gasteiger partial charge in [-0.3, -0.25) is 4.79 Å². The summed E-state index contributed by atoms with van der Waals surface area (Å²) in [5, 5.41) is 3.45. The van der Waals surface area contributed by atoms with Crippen molar-refractivity contribution in [1.29, 1.82) is 0 Å². The van der Waals surface area contributed by atoms with E-state index in [1.807, 2.05) is 23.9 Å². The monoisotopic (exact) mass is 252 g/mol. The molecule has 1 unspecified atom stereocenters. The second kappa shape index (κ2) is 7.35. The number of amides is 1. The van der Waals surface area contributed by atoms with Crippen LogP contribution in [0.1, 0.15) is 29.3 Å². The van der Waals surface area contributed by atoms with Crippen LogP contribution in [0.3, 0.4) is 0 Å². The van der Waals surface area contributed by atoms with Gasteiger partial charge in [0, 0.05) is 18.2 Å². The van der Waals surface area contributed by atoms with E-state index in [0.717, 1.165) is 6.54 Å². The Morgan fingerprint density at radius 1 is 1.41 bits per heavy atom. The van der Waals surface area contributed by atoms with Crippen LogP contribution in [0.5, 0.6) is 0 Å². The Morgan fingerprint density at radius 3 is 2.59 bits per heavy atom. The smallest absolute Gasteiger partial charge is 0.248 e. The first-order chi connectivity index (χ1) is 8.13. The molecule has 1 atom stereocenters. The van der Waals surface area contributed by atoms with Crippen molar-refractivity contribution in [3.05, 3.63) is 35.4 Å². The van der Waals surface area contributed by atoms with Gasteiger partial charge in [-0.25, -0.2) is 0 Å². The summed E-state index contributed by atoms with van der Waals surface area (Å²) >= 11 is 1.87. The van der Waals surface area contributed by atoms with Crippen molar-refractivity contribution < 1.29 is 4.79 Å². The van der Waals surface area contributed by atoms with E-state index in [9.17, 15) is 4.79 Å². The molecule has 1 aromatic carbocycles. The zero-order chi connectivity index (χ0) is 12.7. The minimum atomic E-state index is -0.377. The first kappa shape index (κ1) is 14.1. The normalized spacial score (nSPS) is 12.4. The van der Waals surface area contributed by atoms with Crippen molar-refractivity contribution in [3.63, 3.8) is 0 Å². The molecule has 1 rings (SSSR count). The van der Waals surface area contributed by atoms with Gasteiger partial charge in [0.1, 0.15) is 0 Å². The predicted molar refractivity (Wildman–Crippen MR) is 74.3 cm³/mol. The topological polar surface area (TPSA) is 55.1 Å². The zero-order valence-corrected chi connectivity index (χ0v) is 11.2. The van der Waals surface area contributed by atoms with Gasteiger partial charge in [0.15, 0.2) is 0 Å². The van der Waals surface area contributed by atoms with E-state index in [2.05, 4.69) is 18.5 Å². The van der Waals surface area contributed by atoms with Crippen LogP contribution in [-0.2, 0) is 6.54 Å². The number of rotatable bonds is 7. The maximum absolute atomic E-state index is 10.9. The third-order valence-corrected chi connectivity index (χ3v) is 3.29. The quantitative estimate of drug-likeness (QED) is 0.780. The van der Waals surface area contributed by atoms with Crippen molar-refractivity contribution in [2.45, 2.75) is 25.9 Å². The van der Waals surface area contributed by atoms with Crippen LogP contribution >= 0.6 is 11.8 Å². The highest BCUT2D eigenvalue weighted by Gasteiger charge is 2.02. The van der Waals surface area contributed by atoms with Crippen molar-refractivity contribution >= 4 is 17.7 Å². The molecule has 3 N–H and O–H groups in total. The lowest BCUT2D eigenvalue weighted by Gasteiger charge is -2.13. The number of benzene rings is 1. The molecule has 0 aliphatic heterocycles. The lowest BCUT2D eigenvalue weighted by Crippen LogP contribution is -2.26. The number of nitrogens with one attached hydrogen (secondary N) is 1. The second-order valence-electron chi connectivity index (χ2n) is 4.12. The summed E-state index contributed by atoms with van der Waals surface area (Å²) in [7, 11) is 0. The van der Waals surface area contributed by atoms with Gasteiger partial charge in [-0.2, -0.15) is 11.8 Å². The van der Waals surface area contributed by atoms with Gasteiger partial charge >= 0.3 is 0 Å². The summed E-state index contributed by atoms with van der Waals surface area (Å²) in [6.45, 7) is 3.02. The second-order valence-corrected chi connectivity index (χ2v) is 5.11. The first-order valence-corrected chi connectivity index (χ1v) is 7.14. The molecule has 0 aromatic heterocycles. The van der Waals surface area contributed by atoms with E-state index in [1.54, 1.807) is 12.1 Å². The minimum absolute atomic E-state index is 0.377. The maximum Gasteiger partial charge on any atom is 0.248 e. The molecule has 1 amide bonds. The largest absolute Gasteiger partial charge is 0.366 e. The summed E-state index contributed by atoms with van der Waals surface area (Å²) in [5.74, 6) is 0.798. The van der Waals surface area contributed by atoms with Gasteiger partial charge in [0.25, 0.3) is 0 Å². The van der Waals surface area contributed by atoms with Crippen molar-refractivity contribution in [2.24, 2.45) is 5.73 Å². The lowest BCUT2D eigenvalue weighted by molar-refractivity contribution is 0.100. The Hall–Kier alpha value is -1.00. The van der Waals surface area contributed by atoms with Crippen LogP contribution in [0.15, 0.2) is 24.3 Å². The molecule has 0 saturated carbocycles. The molecule has 4 heteroatoms. The minimum Gasteiger partial charge on any atom is -0.366 e. The van der Waals surface area contributed by atoms with Crippen LogP contribution in [0.4, 0.5) is 0 Å². The van der Waals surface area contributed by atoms with Gasteiger partial charge in [0.2, 0.25) is 5.91 Å². The summed E-state index contributed by atoms with van der Waals surface area (Å²) in [6, 6.07) is 7.93. The molecule has 0 fully saturated rings. The fraction of sp³-hybridized carbons (Fsp3) is 0.462. The van der Waals surface area contributed by atoms with E-state index in [1.165, 1.54) is 17.7 Å². The first-order valence-electron chi connectivity index (χ1n) is 5.74. The van der Waals surface area contributed by atoms with E-state index in [4.69, 9.17) is 5.73 Å². The number of hydrogen-bond donors (Lipinski definition) is 2. The molecule has 0 heterocycles. The van der Waals surface area contributed by atoms with Crippen LogP contribution in [0.25, 0.3) is 0 Å². The standard InChI is InChI=1S/C13H20N2OS/c1-10(7-8-17-2)15-9-11-3-5-12(6-4-11)13(14)16/h3-6,10,15H,7-9H2,1-2H3,(H2,14,16). The Bertz CT molecular complexity index is 351. The third-order valence-electron chi connectivity index (χ3n) is 2.65. The molecule has 94 valence electrons. The average Bonchev–Trinajstić information content (AvgIpc) is 2.34. The molecule has 0 aliphatic rings. The average molecular weight is 252 g/mol. The van der Waals surface area contributed by atoms with E-state index < -0.39 is 0 Å². The molecular weight excluding hydrogens is 232 g/mol. The predicted octanol–water partition coefficient (Wildman–Crippen LogP) is 2.02. The molecule has 17 heavy (non-hydrogen) atoms. The number of carbonyl (C=O) groups is 1. The Kier molecular flexibility index (Phi) is 6.08. The molecule has 0 radical (unpaired) electrons. The zero-order valence-electron chi connectivity index (χ0n) is 10.4. The van der Waals surface area contributed by atoms with Crippen molar-refractivity contribution in [1.82, 2.24) is 5.32 Å². The van der Waals surface area contributed by atoms with Crippen molar-refractivity contribution in [3.8, 4) is 0 Å². The molecule has 0 spiro atoms. The number of primary amides is 1. The van der Waals surface area contributed by atoms with Crippen molar-refractivity contribution in [2.75, 3.05) is 12.0 Å². The Labute approximate surface area is 107 Å². The highest BCUT2D eigenvalue weighted by molar-refractivity contribution is 7.98. The van der Waals surface area contributed by atoms with Crippen LogP contribution in [0.2, 0.25) is 0 Å². The molecule has 0 saturated heterocycles. The SMILES string of the molecule is CSCCC(C)NCc1ccc(C(N)=O)cc1. The fourth-order valence-electron chi connectivity index (χ4n) is 1.48. The Balaban J connectivity index is 2.39. The van der Waals surface area contributed by atoms with Gasteiger partial charge in [-0.15, -0.1) is 0 Å². The molecule has 3 nitrogen and oxygen atoms in total. The number of nitrogens with two attached hydrogens (primary N) is 1. The van der Waals surface area contributed by atoms with Gasteiger partial charge < -0.3 is 11.1 Å². The third kappa shape index (κ3) is 5.24. The summed E-state index contributed by atoms with van der Waals surface area (Å²) in [6.07, 6.45) is 3.29. The summed E-state index contributed by atoms with van der Waals surface area (Å²) in [4.78, 5) is 10.9. The number of carbonyl (C=O) groups excluding carboxylic acids is 1. The maximum atomic E-state index is 10.9. The van der Waals surface area contributed by atoms with E-state index >= 15 is 0 Å². The fourth-order valence-corrected chi connectivity index (χ4v) is 2.06. The summed E-state index contributed by atoms with van der Waals surface area (Å²) in [5.41, 5.74) is 6.92. The van der Waals surface area contributed by atoms with E-state index in [-0.39, 0.29) is 5.91 Å².